The van der Waals surface area contributed by atoms with Crippen LogP contribution in [0.1, 0.15) is 17.2 Å². The monoisotopic (exact) mass is 260 g/mol. The van der Waals surface area contributed by atoms with E-state index in [0.29, 0.717) is 11.5 Å². The summed E-state index contributed by atoms with van der Waals surface area (Å²) in [6.07, 6.45) is 4.86. The molecule has 0 saturated heterocycles. The maximum atomic E-state index is 5.67. The predicted molar refractivity (Wildman–Crippen MR) is 70.7 cm³/mol. The molecule has 1 aromatic heterocycles. The van der Waals surface area contributed by atoms with Gasteiger partial charge < -0.3 is 9.47 Å². The van der Waals surface area contributed by atoms with Crippen LogP contribution in [0.5, 0.6) is 11.5 Å². The topological polar surface area (TPSA) is 82.3 Å². The summed E-state index contributed by atoms with van der Waals surface area (Å²) in [6, 6.07) is 5.25. The molecule has 1 heterocycles. The van der Waals surface area contributed by atoms with Gasteiger partial charge in [-0.3, -0.25) is 5.84 Å². The van der Waals surface area contributed by atoms with E-state index in [1.165, 1.54) is 6.33 Å². The standard InChI is InChI=1S/C13H16N4O2/c1-18-10-4-3-5-11(19-2)12(10)13(17-14)9-6-15-8-16-7-9/h3-8,13,17H,14H2,1-2H3. The minimum Gasteiger partial charge on any atom is -0.496 e. The van der Waals surface area contributed by atoms with Gasteiger partial charge in [0.2, 0.25) is 0 Å². The minimum absolute atomic E-state index is 0.313. The maximum Gasteiger partial charge on any atom is 0.127 e. The molecule has 19 heavy (non-hydrogen) atoms. The fourth-order valence-electron chi connectivity index (χ4n) is 1.97. The largest absolute Gasteiger partial charge is 0.496 e. The Kier molecular flexibility index (Phi) is 4.27. The number of ether oxygens (including phenoxy) is 2. The van der Waals surface area contributed by atoms with Gasteiger partial charge in [-0.15, -0.1) is 0 Å². The second-order valence-electron chi connectivity index (χ2n) is 3.85. The van der Waals surface area contributed by atoms with Gasteiger partial charge in [0, 0.05) is 18.0 Å². The van der Waals surface area contributed by atoms with E-state index < -0.39 is 0 Å². The van der Waals surface area contributed by atoms with Crippen LogP contribution in [0.4, 0.5) is 0 Å². The van der Waals surface area contributed by atoms with Gasteiger partial charge in [-0.2, -0.15) is 0 Å². The van der Waals surface area contributed by atoms with E-state index in [9.17, 15) is 0 Å². The van der Waals surface area contributed by atoms with Crippen molar-refractivity contribution in [3.63, 3.8) is 0 Å². The van der Waals surface area contributed by atoms with E-state index in [-0.39, 0.29) is 6.04 Å². The molecule has 0 aliphatic rings. The Morgan fingerprint density at radius 1 is 1.11 bits per heavy atom. The fraction of sp³-hybridized carbons (Fsp3) is 0.231. The van der Waals surface area contributed by atoms with Crippen molar-refractivity contribution in [2.75, 3.05) is 14.2 Å². The maximum absolute atomic E-state index is 5.67. The molecule has 0 spiro atoms. The summed E-state index contributed by atoms with van der Waals surface area (Å²) >= 11 is 0. The van der Waals surface area contributed by atoms with Crippen molar-refractivity contribution in [2.45, 2.75) is 6.04 Å². The zero-order chi connectivity index (χ0) is 13.7. The van der Waals surface area contributed by atoms with Crippen LogP contribution < -0.4 is 20.7 Å². The molecule has 3 N–H and O–H groups in total. The second kappa shape index (κ2) is 6.12. The van der Waals surface area contributed by atoms with Gasteiger partial charge in [0.05, 0.1) is 25.8 Å². The van der Waals surface area contributed by atoms with E-state index in [0.717, 1.165) is 11.1 Å². The predicted octanol–water partition coefficient (Wildman–Crippen LogP) is 1.05. The molecule has 1 atom stereocenters. The third-order valence-electron chi connectivity index (χ3n) is 2.84. The zero-order valence-corrected chi connectivity index (χ0v) is 10.8. The van der Waals surface area contributed by atoms with Crippen LogP contribution in [0, 0.1) is 0 Å². The normalized spacial score (nSPS) is 11.9. The quantitative estimate of drug-likeness (QED) is 0.617. The molecule has 0 fully saturated rings. The summed E-state index contributed by atoms with van der Waals surface area (Å²) in [5.41, 5.74) is 4.38. The number of benzene rings is 1. The summed E-state index contributed by atoms with van der Waals surface area (Å²) < 4.78 is 10.8. The first-order valence-corrected chi connectivity index (χ1v) is 5.73. The fourth-order valence-corrected chi connectivity index (χ4v) is 1.97. The molecule has 0 aliphatic carbocycles. The van der Waals surface area contributed by atoms with Crippen molar-refractivity contribution in [3.8, 4) is 11.5 Å². The lowest BCUT2D eigenvalue weighted by Crippen LogP contribution is -2.29. The molecule has 6 nitrogen and oxygen atoms in total. The molecule has 1 unspecified atom stereocenters. The molecule has 6 heteroatoms. The lowest BCUT2D eigenvalue weighted by atomic mass is 9.99. The summed E-state index contributed by atoms with van der Waals surface area (Å²) in [4.78, 5) is 8.00. The number of rotatable bonds is 5. The third-order valence-corrected chi connectivity index (χ3v) is 2.84. The Morgan fingerprint density at radius 2 is 1.68 bits per heavy atom. The Labute approximate surface area is 111 Å². The van der Waals surface area contributed by atoms with Gasteiger partial charge in [0.1, 0.15) is 17.8 Å². The summed E-state index contributed by atoms with van der Waals surface area (Å²) in [7, 11) is 3.21. The second-order valence-corrected chi connectivity index (χ2v) is 3.85. The van der Waals surface area contributed by atoms with E-state index in [1.54, 1.807) is 26.6 Å². The van der Waals surface area contributed by atoms with Gasteiger partial charge in [0.25, 0.3) is 0 Å². The van der Waals surface area contributed by atoms with Crippen LogP contribution in [0.15, 0.2) is 36.9 Å². The number of nitrogens with one attached hydrogen (secondary N) is 1. The van der Waals surface area contributed by atoms with Gasteiger partial charge in [-0.25, -0.2) is 15.4 Å². The van der Waals surface area contributed by atoms with Crippen LogP contribution in [-0.4, -0.2) is 24.2 Å². The molecule has 0 aliphatic heterocycles. The van der Waals surface area contributed by atoms with Crippen LogP contribution in [0.2, 0.25) is 0 Å². The Balaban J connectivity index is 2.54. The highest BCUT2D eigenvalue weighted by Crippen LogP contribution is 2.36. The van der Waals surface area contributed by atoms with Gasteiger partial charge in [0.15, 0.2) is 0 Å². The number of nitrogens with two attached hydrogens (primary N) is 1. The number of methoxy groups -OCH3 is 2. The molecule has 2 rings (SSSR count). The first-order valence-electron chi connectivity index (χ1n) is 5.73. The Bertz CT molecular complexity index is 511. The van der Waals surface area contributed by atoms with Crippen molar-refractivity contribution < 1.29 is 9.47 Å². The molecule has 100 valence electrons. The number of aromatic nitrogens is 2. The summed E-state index contributed by atoms with van der Waals surface area (Å²) in [6.45, 7) is 0. The Morgan fingerprint density at radius 3 is 2.16 bits per heavy atom. The third kappa shape index (κ3) is 2.64. The number of hydrogen-bond donors (Lipinski definition) is 2. The summed E-state index contributed by atoms with van der Waals surface area (Å²) in [5, 5.41) is 0. The van der Waals surface area contributed by atoms with Crippen molar-refractivity contribution in [1.82, 2.24) is 15.4 Å². The van der Waals surface area contributed by atoms with Crippen molar-refractivity contribution in [2.24, 2.45) is 5.84 Å². The number of hydrogen-bond acceptors (Lipinski definition) is 6. The van der Waals surface area contributed by atoms with E-state index in [4.69, 9.17) is 15.3 Å². The van der Waals surface area contributed by atoms with Crippen LogP contribution in [0.3, 0.4) is 0 Å². The lowest BCUT2D eigenvalue weighted by molar-refractivity contribution is 0.377. The SMILES string of the molecule is COc1cccc(OC)c1C(NN)c1cncnc1. The lowest BCUT2D eigenvalue weighted by Gasteiger charge is -2.21. The highest BCUT2D eigenvalue weighted by atomic mass is 16.5. The smallest absolute Gasteiger partial charge is 0.127 e. The van der Waals surface area contributed by atoms with Gasteiger partial charge in [-0.1, -0.05) is 6.07 Å². The molecule has 0 radical (unpaired) electrons. The van der Waals surface area contributed by atoms with Crippen LogP contribution in [0.25, 0.3) is 0 Å². The first-order chi connectivity index (χ1) is 9.31. The van der Waals surface area contributed by atoms with Crippen LogP contribution in [-0.2, 0) is 0 Å². The highest BCUT2D eigenvalue weighted by molar-refractivity contribution is 5.49. The summed E-state index contributed by atoms with van der Waals surface area (Å²) in [5.74, 6) is 7.04. The van der Waals surface area contributed by atoms with Crippen LogP contribution >= 0.6 is 0 Å². The first kappa shape index (κ1) is 13.3. The molecule has 0 bridgehead atoms. The average Bonchev–Trinajstić information content (AvgIpc) is 2.49. The zero-order valence-electron chi connectivity index (χ0n) is 10.8. The number of hydrazine groups is 1. The molecular weight excluding hydrogens is 244 g/mol. The molecule has 0 amide bonds. The molecular formula is C13H16N4O2. The molecule has 1 aromatic carbocycles. The molecule has 2 aromatic rings. The highest BCUT2D eigenvalue weighted by Gasteiger charge is 2.21. The average molecular weight is 260 g/mol. The van der Waals surface area contributed by atoms with Gasteiger partial charge >= 0.3 is 0 Å². The van der Waals surface area contributed by atoms with E-state index >= 15 is 0 Å². The minimum atomic E-state index is -0.313. The van der Waals surface area contributed by atoms with E-state index in [2.05, 4.69) is 15.4 Å². The van der Waals surface area contributed by atoms with E-state index in [1.807, 2.05) is 18.2 Å². The Hall–Kier alpha value is -2.18. The van der Waals surface area contributed by atoms with Crippen molar-refractivity contribution in [3.05, 3.63) is 48.0 Å². The molecule has 0 saturated carbocycles. The van der Waals surface area contributed by atoms with Crippen molar-refractivity contribution >= 4 is 0 Å². The van der Waals surface area contributed by atoms with Gasteiger partial charge in [-0.05, 0) is 12.1 Å². The number of nitrogens with zero attached hydrogens (tertiary/aromatic N) is 2. The van der Waals surface area contributed by atoms with Crippen molar-refractivity contribution in [1.29, 1.82) is 0 Å².